The molecule has 0 saturated carbocycles. The number of aryl methyl sites for hydroxylation is 1. The Morgan fingerprint density at radius 3 is 2.88 bits per heavy atom. The zero-order valence-corrected chi connectivity index (χ0v) is 8.99. The van der Waals surface area contributed by atoms with Gasteiger partial charge in [0.1, 0.15) is 11.4 Å². The maximum absolute atomic E-state index is 10.9. The highest BCUT2D eigenvalue weighted by Gasteiger charge is 2.12. The number of pyridine rings is 1. The van der Waals surface area contributed by atoms with Gasteiger partial charge in [-0.3, -0.25) is 4.98 Å². The number of nitrogens with zero attached hydrogens (tertiary/aromatic N) is 3. The van der Waals surface area contributed by atoms with Gasteiger partial charge in [0.2, 0.25) is 5.88 Å². The molecule has 0 aromatic carbocycles. The van der Waals surface area contributed by atoms with E-state index in [0.717, 1.165) is 0 Å². The molecular weight excluding hydrogens is 222 g/mol. The summed E-state index contributed by atoms with van der Waals surface area (Å²) in [4.78, 5) is 22.7. The number of hydrogen-bond acceptors (Lipinski definition) is 5. The number of aromatic nitrogens is 3. The molecule has 86 valence electrons. The molecule has 6 nitrogen and oxygen atoms in total. The lowest BCUT2D eigenvalue weighted by Crippen LogP contribution is -2.01. The zero-order chi connectivity index (χ0) is 12.3. The molecule has 17 heavy (non-hydrogen) atoms. The van der Waals surface area contributed by atoms with Crippen molar-refractivity contribution in [3.05, 3.63) is 42.1 Å². The summed E-state index contributed by atoms with van der Waals surface area (Å²) in [5.74, 6) is -0.0949. The Labute approximate surface area is 96.9 Å². The first-order valence-corrected chi connectivity index (χ1v) is 4.81. The number of aromatic carboxylic acids is 1. The van der Waals surface area contributed by atoms with Gasteiger partial charge in [-0.1, -0.05) is 0 Å². The van der Waals surface area contributed by atoms with Gasteiger partial charge in [0, 0.05) is 18.5 Å². The lowest BCUT2D eigenvalue weighted by Gasteiger charge is -2.06. The number of carbonyl (C=O) groups is 1. The van der Waals surface area contributed by atoms with Gasteiger partial charge in [0.15, 0.2) is 5.75 Å². The van der Waals surface area contributed by atoms with Crippen LogP contribution in [-0.2, 0) is 0 Å². The average molecular weight is 231 g/mol. The highest BCUT2D eigenvalue weighted by molar-refractivity contribution is 5.90. The molecule has 0 radical (unpaired) electrons. The van der Waals surface area contributed by atoms with Crippen molar-refractivity contribution in [1.29, 1.82) is 0 Å². The number of carboxylic acid groups (broad SMARTS) is 1. The van der Waals surface area contributed by atoms with E-state index in [2.05, 4.69) is 15.0 Å². The Bertz CT molecular complexity index is 557. The minimum absolute atomic E-state index is 0.0382. The molecule has 2 rings (SSSR count). The molecular formula is C11H9N3O3. The maximum Gasteiger partial charge on any atom is 0.339 e. The van der Waals surface area contributed by atoms with E-state index in [-0.39, 0.29) is 17.2 Å². The Morgan fingerprint density at radius 2 is 2.18 bits per heavy atom. The minimum atomic E-state index is -1.08. The van der Waals surface area contributed by atoms with Crippen LogP contribution in [0.5, 0.6) is 11.6 Å². The third kappa shape index (κ3) is 2.54. The molecule has 2 aromatic rings. The van der Waals surface area contributed by atoms with Gasteiger partial charge in [-0.05, 0) is 13.0 Å². The van der Waals surface area contributed by atoms with Crippen LogP contribution in [0.25, 0.3) is 0 Å². The van der Waals surface area contributed by atoms with Crippen LogP contribution in [0.4, 0.5) is 0 Å². The van der Waals surface area contributed by atoms with Crippen LogP contribution in [0.1, 0.15) is 16.2 Å². The lowest BCUT2D eigenvalue weighted by atomic mass is 10.2. The van der Waals surface area contributed by atoms with Crippen molar-refractivity contribution in [3.63, 3.8) is 0 Å². The zero-order valence-electron chi connectivity index (χ0n) is 8.99. The van der Waals surface area contributed by atoms with Gasteiger partial charge in [-0.25, -0.2) is 9.78 Å². The summed E-state index contributed by atoms with van der Waals surface area (Å²) in [6.45, 7) is 1.72. The minimum Gasteiger partial charge on any atom is -0.478 e. The maximum atomic E-state index is 10.9. The molecule has 2 aromatic heterocycles. The van der Waals surface area contributed by atoms with E-state index < -0.39 is 5.97 Å². The first-order valence-electron chi connectivity index (χ1n) is 4.81. The average Bonchev–Trinajstić information content (AvgIpc) is 2.29. The van der Waals surface area contributed by atoms with Crippen molar-refractivity contribution >= 4 is 5.97 Å². The van der Waals surface area contributed by atoms with Gasteiger partial charge < -0.3 is 9.84 Å². The Balaban J connectivity index is 2.33. The third-order valence-corrected chi connectivity index (χ3v) is 1.98. The summed E-state index contributed by atoms with van der Waals surface area (Å²) in [6.07, 6.45) is 4.26. The van der Waals surface area contributed by atoms with Crippen molar-refractivity contribution in [1.82, 2.24) is 15.0 Å². The van der Waals surface area contributed by atoms with Crippen molar-refractivity contribution in [2.24, 2.45) is 0 Å². The SMILES string of the molecule is Cc1nccc(Oc2cnccc2C(=O)O)n1. The van der Waals surface area contributed by atoms with E-state index in [0.29, 0.717) is 5.82 Å². The molecule has 0 atom stereocenters. The number of rotatable bonds is 3. The molecule has 2 heterocycles. The molecule has 0 aliphatic carbocycles. The Morgan fingerprint density at radius 1 is 1.35 bits per heavy atom. The first kappa shape index (κ1) is 11.0. The van der Waals surface area contributed by atoms with Crippen LogP contribution in [0, 0.1) is 6.92 Å². The van der Waals surface area contributed by atoms with Crippen LogP contribution in [0.3, 0.4) is 0 Å². The van der Waals surface area contributed by atoms with Crippen LogP contribution >= 0.6 is 0 Å². The molecule has 0 fully saturated rings. The largest absolute Gasteiger partial charge is 0.478 e. The number of ether oxygens (including phenoxy) is 1. The molecule has 0 spiro atoms. The lowest BCUT2D eigenvalue weighted by molar-refractivity contribution is 0.0694. The molecule has 0 amide bonds. The quantitative estimate of drug-likeness (QED) is 0.864. The summed E-state index contributed by atoms with van der Waals surface area (Å²) in [5.41, 5.74) is 0.0382. The van der Waals surface area contributed by atoms with Crippen molar-refractivity contribution in [3.8, 4) is 11.6 Å². The van der Waals surface area contributed by atoms with Crippen LogP contribution in [0.2, 0.25) is 0 Å². The summed E-state index contributed by atoms with van der Waals surface area (Å²) in [5, 5.41) is 8.96. The predicted octanol–water partition coefficient (Wildman–Crippen LogP) is 1.67. The summed E-state index contributed by atoms with van der Waals surface area (Å²) < 4.78 is 5.36. The van der Waals surface area contributed by atoms with E-state index >= 15 is 0 Å². The summed E-state index contributed by atoms with van der Waals surface area (Å²) in [7, 11) is 0. The highest BCUT2D eigenvalue weighted by atomic mass is 16.5. The topological polar surface area (TPSA) is 85.2 Å². The molecule has 0 unspecified atom stereocenters. The standard InChI is InChI=1S/C11H9N3O3/c1-7-13-5-3-10(14-7)17-9-6-12-4-2-8(9)11(15)16/h2-6H,1H3,(H,15,16). The van der Waals surface area contributed by atoms with E-state index in [9.17, 15) is 4.79 Å². The normalized spacial score (nSPS) is 9.94. The van der Waals surface area contributed by atoms with E-state index in [1.165, 1.54) is 24.7 Å². The second kappa shape index (κ2) is 4.56. The van der Waals surface area contributed by atoms with E-state index in [4.69, 9.17) is 9.84 Å². The third-order valence-electron chi connectivity index (χ3n) is 1.98. The summed E-state index contributed by atoms with van der Waals surface area (Å²) >= 11 is 0. The first-order chi connectivity index (χ1) is 8.16. The van der Waals surface area contributed by atoms with Gasteiger partial charge in [-0.2, -0.15) is 4.98 Å². The summed E-state index contributed by atoms with van der Waals surface area (Å²) in [6, 6.07) is 2.91. The molecule has 6 heteroatoms. The molecule has 0 bridgehead atoms. The molecule has 1 N–H and O–H groups in total. The predicted molar refractivity (Wildman–Crippen MR) is 58.0 cm³/mol. The van der Waals surface area contributed by atoms with Gasteiger partial charge in [-0.15, -0.1) is 0 Å². The molecule has 0 aliphatic heterocycles. The van der Waals surface area contributed by atoms with Crippen LogP contribution < -0.4 is 4.74 Å². The van der Waals surface area contributed by atoms with E-state index in [1.54, 1.807) is 13.0 Å². The number of carboxylic acids is 1. The molecule has 0 saturated heterocycles. The molecule has 0 aliphatic rings. The number of hydrogen-bond donors (Lipinski definition) is 1. The monoisotopic (exact) mass is 231 g/mol. The van der Waals surface area contributed by atoms with Crippen molar-refractivity contribution < 1.29 is 14.6 Å². The fourth-order valence-corrected chi connectivity index (χ4v) is 1.24. The highest BCUT2D eigenvalue weighted by Crippen LogP contribution is 2.22. The van der Waals surface area contributed by atoms with E-state index in [1.807, 2.05) is 0 Å². The van der Waals surface area contributed by atoms with Gasteiger partial charge >= 0.3 is 5.97 Å². The van der Waals surface area contributed by atoms with Crippen LogP contribution in [0.15, 0.2) is 30.7 Å². The van der Waals surface area contributed by atoms with Crippen LogP contribution in [-0.4, -0.2) is 26.0 Å². The smallest absolute Gasteiger partial charge is 0.339 e. The van der Waals surface area contributed by atoms with Crippen molar-refractivity contribution in [2.45, 2.75) is 6.92 Å². The fourth-order valence-electron chi connectivity index (χ4n) is 1.24. The second-order valence-electron chi connectivity index (χ2n) is 3.22. The fraction of sp³-hybridized carbons (Fsp3) is 0.0909. The van der Waals surface area contributed by atoms with Gasteiger partial charge in [0.05, 0.1) is 6.20 Å². The van der Waals surface area contributed by atoms with Crippen molar-refractivity contribution in [2.75, 3.05) is 0 Å². The Kier molecular flexibility index (Phi) is 2.95. The van der Waals surface area contributed by atoms with Gasteiger partial charge in [0.25, 0.3) is 0 Å². The Hall–Kier alpha value is -2.50. The second-order valence-corrected chi connectivity index (χ2v) is 3.22.